The van der Waals surface area contributed by atoms with E-state index in [-0.39, 0.29) is 18.2 Å². The number of amides is 2. The molecule has 0 saturated carbocycles. The molecule has 3 aromatic rings. The zero-order chi connectivity index (χ0) is 25.2. The summed E-state index contributed by atoms with van der Waals surface area (Å²) in [6.07, 6.45) is 1.25. The highest BCUT2D eigenvalue weighted by molar-refractivity contribution is 6.31. The lowest BCUT2D eigenvalue weighted by atomic mass is 10.00. The molecule has 3 aromatic carbocycles. The summed E-state index contributed by atoms with van der Waals surface area (Å²) in [6.45, 7) is 7.10. The molecule has 1 atom stereocenters. The van der Waals surface area contributed by atoms with E-state index < -0.39 is 6.04 Å². The molecule has 0 aliphatic heterocycles. The number of carbonyl (C=O) groups is 2. The molecule has 4 nitrogen and oxygen atoms in total. The van der Waals surface area contributed by atoms with Crippen molar-refractivity contribution in [3.8, 4) is 0 Å². The maximum Gasteiger partial charge on any atom is 0.243 e. The standard InChI is InChI=1S/C30H35ClN2O2/c1-22(2)20-32-30(35)28(19-24-12-5-4-6-13-24)33(21-26-15-8-7-11-23(26)3)29(34)18-17-25-14-9-10-16-27(25)31/h4-16,22,28H,17-21H2,1-3H3,(H,32,35)/t28-/m0/s1. The molecule has 1 N–H and O–H groups in total. The maximum absolute atomic E-state index is 13.7. The van der Waals surface area contributed by atoms with Crippen LogP contribution in [0.5, 0.6) is 0 Å². The van der Waals surface area contributed by atoms with E-state index >= 15 is 0 Å². The second kappa shape index (κ2) is 13.1. The van der Waals surface area contributed by atoms with Crippen molar-refractivity contribution >= 4 is 23.4 Å². The largest absolute Gasteiger partial charge is 0.354 e. The van der Waals surface area contributed by atoms with Gasteiger partial charge in [0.2, 0.25) is 11.8 Å². The van der Waals surface area contributed by atoms with Crippen LogP contribution in [0, 0.1) is 12.8 Å². The predicted octanol–water partition coefficient (Wildman–Crippen LogP) is 5.99. The third kappa shape index (κ3) is 7.97. The molecule has 0 aliphatic rings. The van der Waals surface area contributed by atoms with Crippen LogP contribution in [0.25, 0.3) is 0 Å². The summed E-state index contributed by atoms with van der Waals surface area (Å²) in [7, 11) is 0. The van der Waals surface area contributed by atoms with Crippen molar-refractivity contribution in [2.45, 2.75) is 52.6 Å². The van der Waals surface area contributed by atoms with E-state index in [1.165, 1.54) is 0 Å². The van der Waals surface area contributed by atoms with Crippen molar-refractivity contribution in [2.24, 2.45) is 5.92 Å². The first-order chi connectivity index (χ1) is 16.8. The highest BCUT2D eigenvalue weighted by Gasteiger charge is 2.30. The number of aryl methyl sites for hydroxylation is 2. The summed E-state index contributed by atoms with van der Waals surface area (Å²) in [4.78, 5) is 28.9. The monoisotopic (exact) mass is 490 g/mol. The molecule has 0 heterocycles. The van der Waals surface area contributed by atoms with Gasteiger partial charge in [0.25, 0.3) is 0 Å². The Kier molecular flexibility index (Phi) is 9.92. The fraction of sp³-hybridized carbons (Fsp3) is 0.333. The van der Waals surface area contributed by atoms with Crippen molar-refractivity contribution in [1.29, 1.82) is 0 Å². The Bertz CT molecular complexity index is 1110. The zero-order valence-electron chi connectivity index (χ0n) is 20.8. The summed E-state index contributed by atoms with van der Waals surface area (Å²) in [5.74, 6) is 0.132. The third-order valence-corrected chi connectivity index (χ3v) is 6.49. The van der Waals surface area contributed by atoms with Gasteiger partial charge in [0, 0.05) is 31.0 Å². The van der Waals surface area contributed by atoms with Gasteiger partial charge in [-0.25, -0.2) is 0 Å². The quantitative estimate of drug-likeness (QED) is 0.358. The number of hydrogen-bond donors (Lipinski definition) is 1. The van der Waals surface area contributed by atoms with Gasteiger partial charge in [-0.2, -0.15) is 0 Å². The third-order valence-electron chi connectivity index (χ3n) is 6.12. The van der Waals surface area contributed by atoms with Gasteiger partial charge >= 0.3 is 0 Å². The van der Waals surface area contributed by atoms with Crippen LogP contribution in [0.1, 0.15) is 42.5 Å². The van der Waals surface area contributed by atoms with Gasteiger partial charge in [0.05, 0.1) is 0 Å². The molecule has 0 aliphatic carbocycles. The van der Waals surface area contributed by atoms with E-state index in [9.17, 15) is 9.59 Å². The summed E-state index contributed by atoms with van der Waals surface area (Å²) >= 11 is 6.34. The number of nitrogens with one attached hydrogen (secondary N) is 1. The summed E-state index contributed by atoms with van der Waals surface area (Å²) in [5.41, 5.74) is 4.08. The Balaban J connectivity index is 1.92. The lowest BCUT2D eigenvalue weighted by Gasteiger charge is -2.32. The Morgan fingerprint density at radius 1 is 0.886 bits per heavy atom. The van der Waals surface area contributed by atoms with Crippen LogP contribution in [0.3, 0.4) is 0 Å². The molecule has 0 unspecified atom stereocenters. The van der Waals surface area contributed by atoms with Crippen LogP contribution < -0.4 is 5.32 Å². The minimum atomic E-state index is -0.616. The fourth-order valence-corrected chi connectivity index (χ4v) is 4.26. The maximum atomic E-state index is 13.7. The number of rotatable bonds is 11. The van der Waals surface area contributed by atoms with E-state index in [1.54, 1.807) is 4.90 Å². The van der Waals surface area contributed by atoms with E-state index in [2.05, 4.69) is 19.2 Å². The van der Waals surface area contributed by atoms with Gasteiger partial charge in [0.15, 0.2) is 0 Å². The molecule has 0 radical (unpaired) electrons. The zero-order valence-corrected chi connectivity index (χ0v) is 21.6. The summed E-state index contributed by atoms with van der Waals surface area (Å²) in [6, 6.07) is 24.9. The molecule has 0 saturated heterocycles. The molecule has 5 heteroatoms. The molecule has 3 rings (SSSR count). The van der Waals surface area contributed by atoms with Crippen molar-refractivity contribution in [1.82, 2.24) is 10.2 Å². The second-order valence-electron chi connectivity index (χ2n) is 9.38. The van der Waals surface area contributed by atoms with Crippen LogP contribution in [0.15, 0.2) is 78.9 Å². The summed E-state index contributed by atoms with van der Waals surface area (Å²) < 4.78 is 0. The topological polar surface area (TPSA) is 49.4 Å². The number of benzene rings is 3. The minimum absolute atomic E-state index is 0.0613. The Labute approximate surface area is 214 Å². The van der Waals surface area contributed by atoms with Crippen LogP contribution in [0.4, 0.5) is 0 Å². The van der Waals surface area contributed by atoms with Crippen LogP contribution in [-0.2, 0) is 29.0 Å². The Hall–Kier alpha value is -3.11. The van der Waals surface area contributed by atoms with Crippen molar-refractivity contribution < 1.29 is 9.59 Å². The van der Waals surface area contributed by atoms with E-state index in [1.807, 2.05) is 85.8 Å². The van der Waals surface area contributed by atoms with Gasteiger partial charge in [-0.05, 0) is 47.6 Å². The molecular weight excluding hydrogens is 456 g/mol. The first kappa shape index (κ1) is 26.5. The molecule has 0 aromatic heterocycles. The average molecular weight is 491 g/mol. The normalized spacial score (nSPS) is 11.8. The first-order valence-electron chi connectivity index (χ1n) is 12.2. The van der Waals surface area contributed by atoms with Gasteiger partial charge in [-0.3, -0.25) is 9.59 Å². The molecule has 0 spiro atoms. The van der Waals surface area contributed by atoms with Gasteiger partial charge in [-0.1, -0.05) is 98.2 Å². The van der Waals surface area contributed by atoms with Crippen molar-refractivity contribution in [2.75, 3.05) is 6.54 Å². The van der Waals surface area contributed by atoms with Gasteiger partial charge in [0.1, 0.15) is 6.04 Å². The molecule has 2 amide bonds. The number of hydrogen-bond acceptors (Lipinski definition) is 2. The lowest BCUT2D eigenvalue weighted by molar-refractivity contribution is -0.141. The van der Waals surface area contributed by atoms with E-state index in [0.29, 0.717) is 36.9 Å². The molecule has 184 valence electrons. The molecule has 35 heavy (non-hydrogen) atoms. The number of carbonyl (C=O) groups excluding carboxylic acids is 2. The number of halogens is 1. The average Bonchev–Trinajstić information content (AvgIpc) is 2.85. The van der Waals surface area contributed by atoms with Gasteiger partial charge < -0.3 is 10.2 Å². The van der Waals surface area contributed by atoms with E-state index in [0.717, 1.165) is 22.3 Å². The van der Waals surface area contributed by atoms with Crippen LogP contribution >= 0.6 is 11.6 Å². The molecular formula is C30H35ClN2O2. The second-order valence-corrected chi connectivity index (χ2v) is 9.79. The van der Waals surface area contributed by atoms with E-state index in [4.69, 9.17) is 11.6 Å². The highest BCUT2D eigenvalue weighted by atomic mass is 35.5. The fourth-order valence-electron chi connectivity index (χ4n) is 4.03. The van der Waals surface area contributed by atoms with Crippen molar-refractivity contribution in [3.05, 3.63) is 106 Å². The van der Waals surface area contributed by atoms with Crippen LogP contribution in [0.2, 0.25) is 5.02 Å². The SMILES string of the molecule is Cc1ccccc1CN(C(=O)CCc1ccccc1Cl)[C@@H](Cc1ccccc1)C(=O)NCC(C)C. The van der Waals surface area contributed by atoms with Gasteiger partial charge in [-0.15, -0.1) is 0 Å². The minimum Gasteiger partial charge on any atom is -0.354 e. The van der Waals surface area contributed by atoms with Crippen LogP contribution in [-0.4, -0.2) is 29.3 Å². The van der Waals surface area contributed by atoms with Crippen molar-refractivity contribution in [3.63, 3.8) is 0 Å². The summed E-state index contributed by atoms with van der Waals surface area (Å²) in [5, 5.41) is 3.72. The molecule has 0 bridgehead atoms. The molecule has 0 fully saturated rings. The highest BCUT2D eigenvalue weighted by Crippen LogP contribution is 2.21. The Morgan fingerprint density at radius 3 is 2.17 bits per heavy atom. The lowest BCUT2D eigenvalue weighted by Crippen LogP contribution is -2.51. The number of nitrogens with zero attached hydrogens (tertiary/aromatic N) is 1. The smallest absolute Gasteiger partial charge is 0.243 e. The Morgan fingerprint density at radius 2 is 1.51 bits per heavy atom. The predicted molar refractivity (Wildman–Crippen MR) is 143 cm³/mol. The first-order valence-corrected chi connectivity index (χ1v) is 12.6.